The molecule has 3 N–H and O–H groups in total. The number of carbonyl (C=O) groups excluding carboxylic acids is 1. The summed E-state index contributed by atoms with van der Waals surface area (Å²) in [7, 11) is -3.96. The second-order valence-corrected chi connectivity index (χ2v) is 8.02. The van der Waals surface area contributed by atoms with Crippen molar-refractivity contribution in [2.75, 3.05) is 10.0 Å². The number of benzene rings is 3. The quantitative estimate of drug-likeness (QED) is 0.573. The van der Waals surface area contributed by atoms with Crippen LogP contribution < -0.4 is 10.0 Å². The Morgan fingerprint density at radius 3 is 2.17 bits per heavy atom. The van der Waals surface area contributed by atoms with Crippen molar-refractivity contribution in [2.45, 2.75) is 11.8 Å². The van der Waals surface area contributed by atoms with Gasteiger partial charge < -0.3 is 10.4 Å². The normalized spacial score (nSPS) is 10.9. The summed E-state index contributed by atoms with van der Waals surface area (Å²) in [5.41, 5.74) is 2.04. The van der Waals surface area contributed by atoms with Gasteiger partial charge in [0.1, 0.15) is 0 Å². The predicted octanol–water partition coefficient (Wildman–Crippen LogP) is 3.75. The van der Waals surface area contributed by atoms with Crippen molar-refractivity contribution in [2.24, 2.45) is 0 Å². The van der Waals surface area contributed by atoms with E-state index in [2.05, 4.69) is 10.0 Å². The SMILES string of the molecule is Cc1cccc(NC(=O)c2cccc(S(=O)(=O)Nc3ccc(C(=O)O)cc3)c2)c1. The minimum absolute atomic E-state index is 0.0442. The van der Waals surface area contributed by atoms with E-state index in [4.69, 9.17) is 5.11 Å². The third kappa shape index (κ3) is 4.99. The van der Waals surface area contributed by atoms with Crippen molar-refractivity contribution < 1.29 is 23.1 Å². The van der Waals surface area contributed by atoms with Gasteiger partial charge in [-0.15, -0.1) is 0 Å². The van der Waals surface area contributed by atoms with E-state index < -0.39 is 21.9 Å². The minimum atomic E-state index is -3.96. The Morgan fingerprint density at radius 2 is 1.52 bits per heavy atom. The maximum atomic E-state index is 12.6. The second-order valence-electron chi connectivity index (χ2n) is 6.34. The van der Waals surface area contributed by atoms with Gasteiger partial charge in [-0.2, -0.15) is 0 Å². The first-order valence-corrected chi connectivity index (χ1v) is 10.1. The maximum absolute atomic E-state index is 12.6. The van der Waals surface area contributed by atoms with Gasteiger partial charge in [0.25, 0.3) is 15.9 Å². The molecule has 0 atom stereocenters. The van der Waals surface area contributed by atoms with Crippen LogP contribution in [0.2, 0.25) is 0 Å². The fourth-order valence-electron chi connectivity index (χ4n) is 2.63. The lowest BCUT2D eigenvalue weighted by atomic mass is 10.2. The molecule has 8 heteroatoms. The number of rotatable bonds is 6. The number of hydrogen-bond acceptors (Lipinski definition) is 4. The number of hydrogen-bond donors (Lipinski definition) is 3. The van der Waals surface area contributed by atoms with E-state index in [1.54, 1.807) is 12.1 Å². The highest BCUT2D eigenvalue weighted by Gasteiger charge is 2.17. The maximum Gasteiger partial charge on any atom is 0.335 e. The zero-order chi connectivity index (χ0) is 21.0. The number of carboxylic acids is 1. The van der Waals surface area contributed by atoms with Gasteiger partial charge in [-0.3, -0.25) is 9.52 Å². The Morgan fingerprint density at radius 1 is 0.828 bits per heavy atom. The molecule has 0 aliphatic rings. The molecule has 148 valence electrons. The Bertz CT molecular complexity index is 1170. The van der Waals surface area contributed by atoms with Crippen LogP contribution in [0.15, 0.2) is 77.7 Å². The van der Waals surface area contributed by atoms with Gasteiger partial charge in [-0.05, 0) is 67.1 Å². The van der Waals surface area contributed by atoms with Gasteiger partial charge in [0.15, 0.2) is 0 Å². The molecule has 0 aliphatic heterocycles. The van der Waals surface area contributed by atoms with Crippen molar-refractivity contribution in [3.05, 3.63) is 89.5 Å². The standard InChI is InChI=1S/C21H18N2O5S/c1-14-4-2-6-18(12-14)22-20(24)16-5-3-7-19(13-16)29(27,28)23-17-10-8-15(9-11-17)21(25)26/h2-13,23H,1H3,(H,22,24)(H,25,26). The number of carbonyl (C=O) groups is 2. The van der Waals surface area contributed by atoms with E-state index in [1.807, 2.05) is 19.1 Å². The molecule has 0 spiro atoms. The minimum Gasteiger partial charge on any atom is -0.478 e. The lowest BCUT2D eigenvalue weighted by Crippen LogP contribution is -2.16. The number of sulfonamides is 1. The van der Waals surface area contributed by atoms with Crippen molar-refractivity contribution in [3.63, 3.8) is 0 Å². The largest absolute Gasteiger partial charge is 0.478 e. The summed E-state index contributed by atoms with van der Waals surface area (Å²) in [5.74, 6) is -1.54. The Kier molecular flexibility index (Phi) is 5.65. The van der Waals surface area contributed by atoms with Crippen LogP contribution in [0, 0.1) is 6.92 Å². The summed E-state index contributed by atoms with van der Waals surface area (Å²) in [4.78, 5) is 23.3. The van der Waals surface area contributed by atoms with E-state index >= 15 is 0 Å². The predicted molar refractivity (Wildman–Crippen MR) is 110 cm³/mol. The van der Waals surface area contributed by atoms with Gasteiger partial charge >= 0.3 is 5.97 Å². The fourth-order valence-corrected chi connectivity index (χ4v) is 3.73. The fraction of sp³-hybridized carbons (Fsp3) is 0.0476. The van der Waals surface area contributed by atoms with Crippen LogP contribution in [0.5, 0.6) is 0 Å². The molecule has 0 fully saturated rings. The van der Waals surface area contributed by atoms with Gasteiger partial charge in [0, 0.05) is 16.9 Å². The van der Waals surface area contributed by atoms with Crippen molar-refractivity contribution in [1.29, 1.82) is 0 Å². The molecule has 0 heterocycles. The summed E-state index contributed by atoms with van der Waals surface area (Å²) in [5, 5.41) is 11.6. The highest BCUT2D eigenvalue weighted by molar-refractivity contribution is 7.92. The van der Waals surface area contributed by atoms with Crippen LogP contribution in [-0.2, 0) is 10.0 Å². The number of carboxylic acid groups (broad SMARTS) is 1. The average Bonchev–Trinajstić information content (AvgIpc) is 2.68. The van der Waals surface area contributed by atoms with E-state index in [0.29, 0.717) is 5.69 Å². The molecule has 0 aromatic heterocycles. The van der Waals surface area contributed by atoms with E-state index in [1.165, 1.54) is 48.5 Å². The number of amides is 1. The van der Waals surface area contributed by atoms with Gasteiger partial charge in [0.2, 0.25) is 0 Å². The summed E-state index contributed by atoms with van der Waals surface area (Å²) < 4.78 is 27.6. The van der Waals surface area contributed by atoms with Gasteiger partial charge in [-0.1, -0.05) is 18.2 Å². The molecule has 0 bridgehead atoms. The first kappa shape index (κ1) is 20.1. The molecular weight excluding hydrogens is 392 g/mol. The molecule has 29 heavy (non-hydrogen) atoms. The summed E-state index contributed by atoms with van der Waals surface area (Å²) in [6.07, 6.45) is 0. The highest BCUT2D eigenvalue weighted by Crippen LogP contribution is 2.19. The lowest BCUT2D eigenvalue weighted by molar-refractivity contribution is 0.0696. The molecule has 0 radical (unpaired) electrons. The first-order valence-electron chi connectivity index (χ1n) is 8.59. The summed E-state index contributed by atoms with van der Waals surface area (Å²) in [6, 6.07) is 18.2. The Labute approximate surface area is 168 Å². The third-order valence-electron chi connectivity index (χ3n) is 4.07. The highest BCUT2D eigenvalue weighted by atomic mass is 32.2. The molecule has 0 unspecified atom stereocenters. The molecule has 3 aromatic carbocycles. The number of nitrogens with one attached hydrogen (secondary N) is 2. The summed E-state index contributed by atoms with van der Waals surface area (Å²) in [6.45, 7) is 1.90. The molecule has 1 amide bonds. The molecule has 3 aromatic rings. The van der Waals surface area contributed by atoms with Crippen LogP contribution in [0.1, 0.15) is 26.3 Å². The van der Waals surface area contributed by atoms with Crippen LogP contribution >= 0.6 is 0 Å². The topological polar surface area (TPSA) is 113 Å². The molecule has 0 saturated carbocycles. The first-order chi connectivity index (χ1) is 13.7. The van der Waals surface area contributed by atoms with E-state index in [9.17, 15) is 18.0 Å². The number of anilines is 2. The van der Waals surface area contributed by atoms with Crippen molar-refractivity contribution in [3.8, 4) is 0 Å². The smallest absolute Gasteiger partial charge is 0.335 e. The van der Waals surface area contributed by atoms with Gasteiger partial charge in [0.05, 0.1) is 10.5 Å². The molecule has 0 saturated heterocycles. The second kappa shape index (κ2) is 8.15. The molecule has 7 nitrogen and oxygen atoms in total. The Balaban J connectivity index is 1.80. The Hall–Kier alpha value is -3.65. The molecular formula is C21H18N2O5S. The van der Waals surface area contributed by atoms with E-state index in [0.717, 1.165) is 5.56 Å². The molecule has 3 rings (SSSR count). The lowest BCUT2D eigenvalue weighted by Gasteiger charge is -2.10. The monoisotopic (exact) mass is 410 g/mol. The average molecular weight is 410 g/mol. The van der Waals surface area contributed by atoms with Crippen LogP contribution in [0.25, 0.3) is 0 Å². The van der Waals surface area contributed by atoms with Crippen LogP contribution in [0.3, 0.4) is 0 Å². The van der Waals surface area contributed by atoms with Gasteiger partial charge in [-0.25, -0.2) is 13.2 Å². The van der Waals surface area contributed by atoms with E-state index in [-0.39, 0.29) is 21.7 Å². The number of aryl methyl sites for hydroxylation is 1. The summed E-state index contributed by atoms with van der Waals surface area (Å²) >= 11 is 0. The van der Waals surface area contributed by atoms with Crippen molar-refractivity contribution in [1.82, 2.24) is 0 Å². The van der Waals surface area contributed by atoms with Crippen LogP contribution in [-0.4, -0.2) is 25.4 Å². The van der Waals surface area contributed by atoms with Crippen molar-refractivity contribution >= 4 is 33.3 Å². The zero-order valence-corrected chi connectivity index (χ0v) is 16.2. The zero-order valence-electron chi connectivity index (χ0n) is 15.4. The third-order valence-corrected chi connectivity index (χ3v) is 5.45. The van der Waals surface area contributed by atoms with Crippen LogP contribution in [0.4, 0.5) is 11.4 Å². The molecule has 0 aliphatic carbocycles. The number of aromatic carboxylic acids is 1.